The monoisotopic (exact) mass is 260 g/mol. The molecule has 5 nitrogen and oxygen atoms in total. The Morgan fingerprint density at radius 3 is 2.65 bits per heavy atom. The van der Waals surface area contributed by atoms with Crippen LogP contribution in [-0.2, 0) is 23.4 Å². The van der Waals surface area contributed by atoms with Crippen LogP contribution in [0.25, 0.3) is 0 Å². The molecule has 0 aromatic heterocycles. The number of esters is 1. The Labute approximate surface area is 102 Å². The SMILES string of the molecule is COP(CC(=O)C[C@H](C)[C@H]1C=CC(=O)O1)OC. The molecule has 0 N–H and O–H groups in total. The number of Topliss-reactive ketones (excluding diaryl/α,β-unsaturated/α-hetero) is 1. The summed E-state index contributed by atoms with van der Waals surface area (Å²) in [4.78, 5) is 22.6. The molecule has 1 heterocycles. The Bertz CT molecular complexity index is 311. The molecular weight excluding hydrogens is 243 g/mol. The van der Waals surface area contributed by atoms with Crippen molar-refractivity contribution in [3.05, 3.63) is 12.2 Å². The zero-order chi connectivity index (χ0) is 12.8. The Balaban J connectivity index is 2.35. The van der Waals surface area contributed by atoms with Crippen molar-refractivity contribution >= 4 is 20.1 Å². The normalized spacial score (nSPS) is 20.7. The van der Waals surface area contributed by atoms with Crippen LogP contribution in [0.1, 0.15) is 13.3 Å². The molecule has 0 spiro atoms. The fourth-order valence-electron chi connectivity index (χ4n) is 1.58. The van der Waals surface area contributed by atoms with Gasteiger partial charge in [0.05, 0.1) is 6.16 Å². The van der Waals surface area contributed by atoms with Crippen molar-refractivity contribution in [2.75, 3.05) is 20.4 Å². The van der Waals surface area contributed by atoms with Crippen LogP contribution in [-0.4, -0.2) is 38.2 Å². The minimum absolute atomic E-state index is 0.0178. The summed E-state index contributed by atoms with van der Waals surface area (Å²) in [6.45, 7) is 1.88. The Hall–Kier alpha value is -0.770. The van der Waals surface area contributed by atoms with Crippen LogP contribution in [0.5, 0.6) is 0 Å². The molecule has 0 aliphatic carbocycles. The van der Waals surface area contributed by atoms with Crippen molar-refractivity contribution < 1.29 is 23.4 Å². The highest BCUT2D eigenvalue weighted by molar-refractivity contribution is 7.48. The third kappa shape index (κ3) is 4.54. The third-order valence-corrected chi connectivity index (χ3v) is 3.92. The van der Waals surface area contributed by atoms with E-state index < -0.39 is 8.38 Å². The molecule has 96 valence electrons. The first-order chi connectivity index (χ1) is 8.06. The molecule has 0 saturated heterocycles. The predicted octanol–water partition coefficient (Wildman–Crippen LogP) is 1.67. The molecule has 0 aromatic carbocycles. The minimum Gasteiger partial charge on any atom is -0.455 e. The first-order valence-electron chi connectivity index (χ1n) is 5.33. The van der Waals surface area contributed by atoms with Gasteiger partial charge in [0.2, 0.25) is 0 Å². The van der Waals surface area contributed by atoms with Crippen molar-refractivity contribution in [3.8, 4) is 0 Å². The molecule has 0 amide bonds. The fourth-order valence-corrected chi connectivity index (χ4v) is 2.40. The summed E-state index contributed by atoms with van der Waals surface area (Å²) in [5.41, 5.74) is 0. The van der Waals surface area contributed by atoms with E-state index in [1.165, 1.54) is 20.3 Å². The highest BCUT2D eigenvalue weighted by Gasteiger charge is 2.25. The van der Waals surface area contributed by atoms with Crippen LogP contribution in [0, 0.1) is 5.92 Å². The molecule has 0 fully saturated rings. The van der Waals surface area contributed by atoms with Gasteiger partial charge in [-0.05, 0) is 6.08 Å². The first kappa shape index (κ1) is 14.3. The number of hydrogen-bond acceptors (Lipinski definition) is 5. The third-order valence-electron chi connectivity index (χ3n) is 2.50. The summed E-state index contributed by atoms with van der Waals surface area (Å²) in [5.74, 6) is -0.301. The van der Waals surface area contributed by atoms with Gasteiger partial charge in [0.1, 0.15) is 11.9 Å². The molecule has 6 heteroatoms. The summed E-state index contributed by atoms with van der Waals surface area (Å²) < 4.78 is 15.1. The van der Waals surface area contributed by atoms with Gasteiger partial charge < -0.3 is 13.8 Å². The van der Waals surface area contributed by atoms with E-state index in [2.05, 4.69) is 0 Å². The second-order valence-electron chi connectivity index (χ2n) is 3.84. The first-order valence-corrected chi connectivity index (χ1v) is 6.69. The lowest BCUT2D eigenvalue weighted by molar-refractivity contribution is -0.141. The average molecular weight is 260 g/mol. The summed E-state index contributed by atoms with van der Waals surface area (Å²) in [5, 5.41) is 0. The molecule has 0 bridgehead atoms. The standard InChI is InChI=1S/C11H17O5P/c1-8(10-4-5-11(13)16-10)6-9(12)7-17(14-2)15-3/h4-5,8,10H,6-7H2,1-3H3/t8-,10+/m0/s1. The molecule has 1 aliphatic rings. The molecule has 1 aliphatic heterocycles. The zero-order valence-corrected chi connectivity index (χ0v) is 11.1. The smallest absolute Gasteiger partial charge is 0.331 e. The quantitative estimate of drug-likeness (QED) is 0.514. The number of rotatable bonds is 7. The highest BCUT2D eigenvalue weighted by atomic mass is 31.2. The van der Waals surface area contributed by atoms with E-state index in [4.69, 9.17) is 13.8 Å². The van der Waals surface area contributed by atoms with E-state index in [0.29, 0.717) is 6.42 Å². The summed E-state index contributed by atoms with van der Waals surface area (Å²) in [6.07, 6.45) is 3.42. The summed E-state index contributed by atoms with van der Waals surface area (Å²) >= 11 is 0. The molecule has 17 heavy (non-hydrogen) atoms. The van der Waals surface area contributed by atoms with Gasteiger partial charge in [0, 0.05) is 32.6 Å². The molecule has 0 aromatic rings. The molecule has 2 atom stereocenters. The van der Waals surface area contributed by atoms with Crippen molar-refractivity contribution in [2.45, 2.75) is 19.4 Å². The second-order valence-corrected chi connectivity index (χ2v) is 5.55. The topological polar surface area (TPSA) is 61.8 Å². The summed E-state index contributed by atoms with van der Waals surface area (Å²) in [7, 11) is 1.92. The number of ether oxygens (including phenoxy) is 1. The van der Waals surface area contributed by atoms with Gasteiger partial charge in [-0.2, -0.15) is 0 Å². The predicted molar refractivity (Wildman–Crippen MR) is 63.6 cm³/mol. The minimum atomic E-state index is -1.12. The Kier molecular flexibility index (Phi) is 5.75. The number of carbonyl (C=O) groups is 2. The second kappa shape index (κ2) is 6.84. The van der Waals surface area contributed by atoms with E-state index >= 15 is 0 Å². The zero-order valence-electron chi connectivity index (χ0n) is 10.2. The lowest BCUT2D eigenvalue weighted by Crippen LogP contribution is -2.21. The largest absolute Gasteiger partial charge is 0.455 e. The van der Waals surface area contributed by atoms with E-state index in [0.717, 1.165) is 0 Å². The fraction of sp³-hybridized carbons (Fsp3) is 0.636. The van der Waals surface area contributed by atoms with Crippen LogP contribution in [0.3, 0.4) is 0 Å². The highest BCUT2D eigenvalue weighted by Crippen LogP contribution is 2.36. The van der Waals surface area contributed by atoms with E-state index in [-0.39, 0.29) is 29.9 Å². The number of hydrogen-bond donors (Lipinski definition) is 0. The lowest BCUT2D eigenvalue weighted by atomic mass is 9.99. The van der Waals surface area contributed by atoms with Gasteiger partial charge in [-0.25, -0.2) is 4.79 Å². The van der Waals surface area contributed by atoms with E-state index in [9.17, 15) is 9.59 Å². The maximum atomic E-state index is 11.7. The van der Waals surface area contributed by atoms with Crippen LogP contribution in [0.4, 0.5) is 0 Å². The van der Waals surface area contributed by atoms with Crippen molar-refractivity contribution in [1.29, 1.82) is 0 Å². The van der Waals surface area contributed by atoms with Crippen LogP contribution in [0.15, 0.2) is 12.2 Å². The number of ketones is 1. The van der Waals surface area contributed by atoms with Crippen molar-refractivity contribution in [1.82, 2.24) is 0 Å². The van der Waals surface area contributed by atoms with E-state index in [1.807, 2.05) is 6.92 Å². The van der Waals surface area contributed by atoms with Crippen molar-refractivity contribution in [3.63, 3.8) is 0 Å². The molecule has 0 saturated carbocycles. The van der Waals surface area contributed by atoms with Crippen LogP contribution in [0.2, 0.25) is 0 Å². The number of cyclic esters (lactones) is 1. The van der Waals surface area contributed by atoms with Crippen molar-refractivity contribution in [2.24, 2.45) is 5.92 Å². The van der Waals surface area contributed by atoms with Gasteiger partial charge in [0.25, 0.3) is 0 Å². The van der Waals surface area contributed by atoms with Gasteiger partial charge in [0.15, 0.2) is 8.38 Å². The van der Waals surface area contributed by atoms with Gasteiger partial charge in [-0.1, -0.05) is 6.92 Å². The Morgan fingerprint density at radius 2 is 2.18 bits per heavy atom. The van der Waals surface area contributed by atoms with Gasteiger partial charge >= 0.3 is 5.97 Å². The van der Waals surface area contributed by atoms with Crippen LogP contribution >= 0.6 is 8.38 Å². The molecule has 0 radical (unpaired) electrons. The molecular formula is C11H17O5P. The Morgan fingerprint density at radius 1 is 1.53 bits per heavy atom. The number of carbonyl (C=O) groups excluding carboxylic acids is 2. The maximum Gasteiger partial charge on any atom is 0.331 e. The van der Waals surface area contributed by atoms with E-state index in [1.54, 1.807) is 6.08 Å². The molecule has 1 rings (SSSR count). The average Bonchev–Trinajstić information content (AvgIpc) is 2.72. The van der Waals surface area contributed by atoms with Gasteiger partial charge in [-0.3, -0.25) is 4.79 Å². The van der Waals surface area contributed by atoms with Crippen LogP contribution < -0.4 is 0 Å². The maximum absolute atomic E-state index is 11.7. The summed E-state index contributed by atoms with van der Waals surface area (Å²) in [6, 6.07) is 0. The van der Waals surface area contributed by atoms with Gasteiger partial charge in [-0.15, -0.1) is 0 Å². The lowest BCUT2D eigenvalue weighted by Gasteiger charge is -2.17. The molecule has 0 unspecified atom stereocenters.